The summed E-state index contributed by atoms with van der Waals surface area (Å²) in [6, 6.07) is 33.7. The van der Waals surface area contributed by atoms with E-state index in [-0.39, 0.29) is 0 Å². The molecule has 1 saturated heterocycles. The molecule has 1 nitrogen and oxygen atoms in total. The monoisotopic (exact) mass is 805 g/mol. The fraction of sp³-hybridized carbons (Fsp3) is 0.538. The van der Waals surface area contributed by atoms with Crippen LogP contribution in [0.15, 0.2) is 84.9 Å². The Morgan fingerprint density at radius 3 is 0.946 bits per heavy atom. The Labute approximate surface area is 347 Å². The molecule has 1 aliphatic rings. The second-order valence-electron chi connectivity index (χ2n) is 19.9. The van der Waals surface area contributed by atoms with E-state index in [1.165, 1.54) is 22.3 Å². The third kappa shape index (κ3) is 7.22. The molecule has 0 N–H and O–H groups in total. The van der Waals surface area contributed by atoms with Crippen molar-refractivity contribution in [3.05, 3.63) is 129 Å². The number of hydrogen-bond acceptors (Lipinski definition) is 1. The Hall–Kier alpha value is -2.30. The molecule has 1 fully saturated rings. The van der Waals surface area contributed by atoms with Gasteiger partial charge in [0.1, 0.15) is 5.34 Å². The zero-order chi connectivity index (χ0) is 41.7. The first kappa shape index (κ1) is 44.8. The average molecular weight is 805 g/mol. The van der Waals surface area contributed by atoms with Crippen LogP contribution in [0.1, 0.15) is 205 Å². The van der Waals surface area contributed by atoms with Gasteiger partial charge in [-0.05, 0) is 114 Å². The molecular formula is C52H77OPSi2. The maximum atomic E-state index is 8.89. The predicted octanol–water partition coefficient (Wildman–Crippen LogP) is 15.6. The average Bonchev–Trinajstić information content (AvgIpc) is 3.13. The SMILES string of the molecule is CC(C)c1cc(C(C)C)c([Si]2(c3c(C(C)C)cc(C(C)C)cc3C(C)C)OC(c3ccccc3)(c3ccccc3)P2[Si](C(C)C)(C(C)C)C(C)C)c(C(C)C)c1. The summed E-state index contributed by atoms with van der Waals surface area (Å²) in [5.41, 5.74) is 13.5. The Morgan fingerprint density at radius 1 is 0.429 bits per heavy atom. The van der Waals surface area contributed by atoms with Gasteiger partial charge in [-0.2, -0.15) is 0 Å². The molecule has 304 valence electrons. The lowest BCUT2D eigenvalue weighted by Gasteiger charge is -2.71. The molecule has 1 heterocycles. The van der Waals surface area contributed by atoms with Gasteiger partial charge in [-0.1, -0.05) is 210 Å². The normalized spacial score (nSPS) is 17.2. The van der Waals surface area contributed by atoms with E-state index in [4.69, 9.17) is 4.43 Å². The molecule has 0 spiro atoms. The summed E-state index contributed by atoms with van der Waals surface area (Å²) >= 11 is 0. The Morgan fingerprint density at radius 2 is 0.714 bits per heavy atom. The molecule has 1 atom stereocenters. The molecule has 56 heavy (non-hydrogen) atoms. The van der Waals surface area contributed by atoms with E-state index in [1.807, 2.05) is 0 Å². The van der Waals surface area contributed by atoms with Crippen molar-refractivity contribution >= 4 is 33.1 Å². The lowest BCUT2D eigenvalue weighted by Crippen LogP contribution is -2.79. The molecule has 0 bridgehead atoms. The minimum atomic E-state index is -3.17. The van der Waals surface area contributed by atoms with Crippen LogP contribution in [-0.4, -0.2) is 15.7 Å². The molecule has 0 saturated carbocycles. The van der Waals surface area contributed by atoms with E-state index in [9.17, 15) is 0 Å². The lowest BCUT2D eigenvalue weighted by molar-refractivity contribution is 0.184. The molecule has 4 heteroatoms. The maximum absolute atomic E-state index is 8.89. The quantitative estimate of drug-likeness (QED) is 0.0911. The highest BCUT2D eigenvalue weighted by molar-refractivity contribution is 8.23. The van der Waals surface area contributed by atoms with Crippen LogP contribution in [0.4, 0.5) is 0 Å². The Kier molecular flexibility index (Phi) is 13.7. The summed E-state index contributed by atoms with van der Waals surface area (Å²) in [5, 5.41) is 2.76. The minimum absolute atomic E-state index is 0.364. The van der Waals surface area contributed by atoms with Gasteiger partial charge in [-0.25, -0.2) is 0 Å². The van der Waals surface area contributed by atoms with Crippen molar-refractivity contribution in [2.75, 3.05) is 0 Å². The van der Waals surface area contributed by atoms with Crippen LogP contribution in [0.5, 0.6) is 0 Å². The van der Waals surface area contributed by atoms with E-state index in [1.54, 1.807) is 32.6 Å². The van der Waals surface area contributed by atoms with Gasteiger partial charge in [0.15, 0.2) is 0 Å². The highest BCUT2D eigenvalue weighted by Gasteiger charge is 2.78. The van der Waals surface area contributed by atoms with Crippen LogP contribution in [0.3, 0.4) is 0 Å². The Bertz CT molecular complexity index is 1740. The molecule has 0 aromatic heterocycles. The van der Waals surface area contributed by atoms with Gasteiger partial charge in [-0.3, -0.25) is 0 Å². The molecule has 4 aromatic rings. The maximum Gasteiger partial charge on any atom is 0.284 e. The molecule has 0 radical (unpaired) electrons. The van der Waals surface area contributed by atoms with E-state index >= 15 is 0 Å². The van der Waals surface area contributed by atoms with Gasteiger partial charge >= 0.3 is 0 Å². The van der Waals surface area contributed by atoms with Crippen molar-refractivity contribution in [2.24, 2.45) is 0 Å². The highest BCUT2D eigenvalue weighted by Crippen LogP contribution is 2.84. The summed E-state index contributed by atoms with van der Waals surface area (Å²) < 4.78 is 8.89. The third-order valence-electron chi connectivity index (χ3n) is 13.4. The van der Waals surface area contributed by atoms with Crippen LogP contribution in [0.2, 0.25) is 16.6 Å². The highest BCUT2D eigenvalue weighted by atomic mass is 31.6. The molecule has 0 amide bonds. The van der Waals surface area contributed by atoms with Crippen LogP contribution in [-0.2, 0) is 9.77 Å². The van der Waals surface area contributed by atoms with Gasteiger partial charge < -0.3 is 4.43 Å². The fourth-order valence-corrected chi connectivity index (χ4v) is 52.8. The first-order chi connectivity index (χ1) is 26.2. The summed E-state index contributed by atoms with van der Waals surface area (Å²) in [4.78, 5) is 0. The van der Waals surface area contributed by atoms with Crippen LogP contribution < -0.4 is 10.4 Å². The summed E-state index contributed by atoms with van der Waals surface area (Å²) in [7, 11) is -6.34. The molecule has 5 rings (SSSR count). The number of rotatable bonds is 14. The second kappa shape index (κ2) is 17.1. The van der Waals surface area contributed by atoms with Crippen LogP contribution >= 0.6 is 7.02 Å². The zero-order valence-corrected chi connectivity index (χ0v) is 41.5. The van der Waals surface area contributed by atoms with Crippen molar-refractivity contribution in [1.82, 2.24) is 0 Å². The van der Waals surface area contributed by atoms with E-state index in [0.29, 0.717) is 52.1 Å². The smallest absolute Gasteiger partial charge is 0.284 e. The number of benzene rings is 4. The van der Waals surface area contributed by atoms with Gasteiger partial charge in [0.25, 0.3) is 7.98 Å². The molecule has 1 aliphatic heterocycles. The van der Waals surface area contributed by atoms with Crippen LogP contribution in [0, 0.1) is 0 Å². The van der Waals surface area contributed by atoms with Crippen molar-refractivity contribution in [1.29, 1.82) is 0 Å². The first-order valence-electron chi connectivity index (χ1n) is 22.2. The largest absolute Gasteiger partial charge is 0.387 e. The predicted molar refractivity (Wildman–Crippen MR) is 255 cm³/mol. The fourth-order valence-electron chi connectivity index (χ4n) is 10.8. The summed E-state index contributed by atoms with van der Waals surface area (Å²) in [6.45, 7) is 44.9. The first-order valence-corrected chi connectivity index (χ1v) is 29.4. The molecule has 0 aliphatic carbocycles. The van der Waals surface area contributed by atoms with Gasteiger partial charge in [0, 0.05) is 0 Å². The minimum Gasteiger partial charge on any atom is -0.387 e. The second-order valence-corrected chi connectivity index (χ2v) is 37.2. The standard InChI is InChI=1S/C52H77OPSi2/c1-33(2)42-29-46(35(5)6)50(47(30-42)36(7)8)56(51-48(37(9)10)31-43(34(3)4)32-49(51)38(11)12)53-52(44-25-21-19-22-26-44,45-27-23-20-24-28-45)54(56)55(39(13)14,40(15)16)41(17)18/h19-41H,1-18H3. The molecule has 4 aromatic carbocycles. The van der Waals surface area contributed by atoms with Crippen molar-refractivity contribution in [2.45, 2.75) is 182 Å². The molecular weight excluding hydrogens is 728 g/mol. The summed E-state index contributed by atoms with van der Waals surface area (Å²) in [6.07, 6.45) is 0. The zero-order valence-electron chi connectivity index (χ0n) is 38.6. The van der Waals surface area contributed by atoms with Crippen LogP contribution in [0.25, 0.3) is 0 Å². The van der Waals surface area contributed by atoms with Gasteiger partial charge in [0.2, 0.25) is 0 Å². The van der Waals surface area contributed by atoms with E-state index in [0.717, 1.165) is 0 Å². The van der Waals surface area contributed by atoms with Gasteiger partial charge in [0.05, 0.1) is 7.74 Å². The lowest BCUT2D eigenvalue weighted by atomic mass is 9.89. The topological polar surface area (TPSA) is 9.23 Å². The third-order valence-corrected chi connectivity index (χ3v) is 43.5. The molecule has 1 unspecified atom stereocenters. The number of hydrogen-bond donors (Lipinski definition) is 0. The van der Waals surface area contributed by atoms with Crippen molar-refractivity contribution < 1.29 is 4.43 Å². The Balaban J connectivity index is 2.25. The van der Waals surface area contributed by atoms with Crippen molar-refractivity contribution in [3.8, 4) is 0 Å². The van der Waals surface area contributed by atoms with Crippen molar-refractivity contribution in [3.63, 3.8) is 0 Å². The van der Waals surface area contributed by atoms with Gasteiger partial charge in [-0.15, -0.1) is 0 Å². The van der Waals surface area contributed by atoms with E-state index < -0.39 is 28.1 Å². The summed E-state index contributed by atoms with van der Waals surface area (Å²) in [5.74, 6) is 2.36. The van der Waals surface area contributed by atoms with E-state index in [2.05, 4.69) is 210 Å².